The van der Waals surface area contributed by atoms with Crippen LogP contribution in [0.3, 0.4) is 0 Å². The maximum absolute atomic E-state index is 3.58. The van der Waals surface area contributed by atoms with Gasteiger partial charge in [-0.1, -0.05) is 53.7 Å². The van der Waals surface area contributed by atoms with E-state index in [0.29, 0.717) is 0 Å². The Balaban J connectivity index is 1.68. The molecule has 1 fully saturated rings. The topological polar surface area (TPSA) is 12.0 Å². The lowest BCUT2D eigenvalue weighted by atomic mass is 10.0. The van der Waals surface area contributed by atoms with Gasteiger partial charge in [0, 0.05) is 11.0 Å². The summed E-state index contributed by atoms with van der Waals surface area (Å²) in [4.78, 5) is 0. The van der Waals surface area contributed by atoms with E-state index in [9.17, 15) is 0 Å². The zero-order valence-electron chi connectivity index (χ0n) is 10.6. The number of hydrogen-bond donors (Lipinski definition) is 1. The van der Waals surface area contributed by atoms with E-state index in [2.05, 4.69) is 46.4 Å². The van der Waals surface area contributed by atoms with Crippen molar-refractivity contribution in [2.45, 2.75) is 45.6 Å². The lowest BCUT2D eigenvalue weighted by Gasteiger charge is -2.10. The molecule has 0 unspecified atom stereocenters. The summed E-state index contributed by atoms with van der Waals surface area (Å²) in [5.74, 6) is 0.993. The quantitative estimate of drug-likeness (QED) is 0.793. The van der Waals surface area contributed by atoms with Crippen molar-refractivity contribution in [2.24, 2.45) is 5.92 Å². The van der Waals surface area contributed by atoms with Gasteiger partial charge in [-0.25, -0.2) is 0 Å². The van der Waals surface area contributed by atoms with Crippen LogP contribution in [0.25, 0.3) is 0 Å². The number of nitrogens with one attached hydrogen (secondary N) is 1. The van der Waals surface area contributed by atoms with Crippen molar-refractivity contribution in [3.05, 3.63) is 33.8 Å². The Morgan fingerprint density at radius 1 is 1.29 bits per heavy atom. The molecule has 1 saturated carbocycles. The molecule has 0 aliphatic heterocycles. The van der Waals surface area contributed by atoms with Crippen LogP contribution in [-0.2, 0) is 6.54 Å². The van der Waals surface area contributed by atoms with Gasteiger partial charge < -0.3 is 5.32 Å². The summed E-state index contributed by atoms with van der Waals surface area (Å²) in [6.45, 7) is 4.28. The largest absolute Gasteiger partial charge is 0.313 e. The van der Waals surface area contributed by atoms with Crippen LogP contribution in [0.2, 0.25) is 0 Å². The number of hydrogen-bond acceptors (Lipinski definition) is 1. The average molecular weight is 296 g/mol. The van der Waals surface area contributed by atoms with Gasteiger partial charge in [0.15, 0.2) is 0 Å². The fourth-order valence-corrected chi connectivity index (χ4v) is 3.01. The van der Waals surface area contributed by atoms with E-state index in [1.807, 2.05) is 0 Å². The fraction of sp³-hybridized carbons (Fsp3) is 0.600. The zero-order valence-corrected chi connectivity index (χ0v) is 12.2. The molecule has 1 aromatic carbocycles. The molecule has 0 saturated heterocycles. The van der Waals surface area contributed by atoms with E-state index in [1.54, 1.807) is 0 Å². The Kier molecular flexibility index (Phi) is 5.05. The molecular weight excluding hydrogens is 274 g/mol. The molecule has 1 N–H and O–H groups in total. The zero-order chi connectivity index (χ0) is 12.1. The summed E-state index contributed by atoms with van der Waals surface area (Å²) >= 11 is 3.58. The van der Waals surface area contributed by atoms with E-state index >= 15 is 0 Å². The molecule has 0 radical (unpaired) electrons. The monoisotopic (exact) mass is 295 g/mol. The first-order chi connectivity index (χ1) is 8.25. The van der Waals surface area contributed by atoms with Crippen molar-refractivity contribution in [1.82, 2.24) is 5.32 Å². The van der Waals surface area contributed by atoms with Crippen molar-refractivity contribution >= 4 is 15.9 Å². The second-order valence-corrected chi connectivity index (χ2v) is 6.05. The van der Waals surface area contributed by atoms with Crippen LogP contribution in [0.4, 0.5) is 0 Å². The minimum atomic E-state index is 0.992. The SMILES string of the molecule is Cc1ccc(CNCCC2CCCC2)cc1Br. The molecule has 0 aromatic heterocycles. The van der Waals surface area contributed by atoms with Gasteiger partial charge in [-0.2, -0.15) is 0 Å². The van der Waals surface area contributed by atoms with Crippen LogP contribution in [0.1, 0.15) is 43.2 Å². The molecule has 1 aromatic rings. The number of rotatable bonds is 5. The fourth-order valence-electron chi connectivity index (χ4n) is 2.58. The van der Waals surface area contributed by atoms with Crippen molar-refractivity contribution in [2.75, 3.05) is 6.54 Å². The van der Waals surface area contributed by atoms with Gasteiger partial charge >= 0.3 is 0 Å². The molecule has 1 aliphatic carbocycles. The summed E-state index contributed by atoms with van der Waals surface area (Å²) in [5.41, 5.74) is 2.67. The maximum atomic E-state index is 3.58. The summed E-state index contributed by atoms with van der Waals surface area (Å²) < 4.78 is 1.22. The van der Waals surface area contributed by atoms with E-state index in [0.717, 1.165) is 19.0 Å². The standard InChI is InChI=1S/C15H22BrN/c1-12-6-7-14(10-15(12)16)11-17-9-8-13-4-2-3-5-13/h6-7,10,13,17H,2-5,8-9,11H2,1H3. The van der Waals surface area contributed by atoms with Gasteiger partial charge in [0.05, 0.1) is 0 Å². The van der Waals surface area contributed by atoms with Crippen molar-refractivity contribution in [3.8, 4) is 0 Å². The molecule has 2 rings (SSSR count). The highest BCUT2D eigenvalue weighted by Crippen LogP contribution is 2.26. The molecular formula is C15H22BrN. The van der Waals surface area contributed by atoms with Gasteiger partial charge in [0.1, 0.15) is 0 Å². The highest BCUT2D eigenvalue weighted by Gasteiger charge is 2.13. The van der Waals surface area contributed by atoms with Crippen molar-refractivity contribution < 1.29 is 0 Å². The first-order valence-corrected chi connectivity index (χ1v) is 7.51. The molecule has 1 nitrogen and oxygen atoms in total. The summed E-state index contributed by atoms with van der Waals surface area (Å²) in [5, 5.41) is 3.55. The first kappa shape index (κ1) is 13.1. The minimum Gasteiger partial charge on any atom is -0.313 e. The summed E-state index contributed by atoms with van der Waals surface area (Å²) in [6.07, 6.45) is 7.17. The normalized spacial score (nSPS) is 16.6. The highest BCUT2D eigenvalue weighted by atomic mass is 79.9. The smallest absolute Gasteiger partial charge is 0.0207 e. The lowest BCUT2D eigenvalue weighted by molar-refractivity contribution is 0.477. The molecule has 94 valence electrons. The molecule has 0 bridgehead atoms. The predicted octanol–water partition coefficient (Wildman–Crippen LogP) is 4.43. The summed E-state index contributed by atoms with van der Waals surface area (Å²) in [6, 6.07) is 6.61. The molecule has 0 spiro atoms. The van der Waals surface area contributed by atoms with Crippen molar-refractivity contribution in [1.29, 1.82) is 0 Å². The molecule has 0 amide bonds. The van der Waals surface area contributed by atoms with E-state index in [1.165, 1.54) is 47.7 Å². The molecule has 17 heavy (non-hydrogen) atoms. The Labute approximate surface area is 113 Å². The van der Waals surface area contributed by atoms with Gasteiger partial charge in [0.2, 0.25) is 0 Å². The lowest BCUT2D eigenvalue weighted by Crippen LogP contribution is -2.17. The third-order valence-corrected chi connectivity index (χ3v) is 4.62. The van der Waals surface area contributed by atoms with Crippen LogP contribution in [0.5, 0.6) is 0 Å². The number of halogens is 1. The number of benzene rings is 1. The van der Waals surface area contributed by atoms with Crippen LogP contribution in [0, 0.1) is 12.8 Å². The second kappa shape index (κ2) is 6.55. The predicted molar refractivity (Wildman–Crippen MR) is 77.2 cm³/mol. The van der Waals surface area contributed by atoms with Crippen LogP contribution >= 0.6 is 15.9 Å². The number of aryl methyl sites for hydroxylation is 1. The van der Waals surface area contributed by atoms with E-state index in [4.69, 9.17) is 0 Å². The third-order valence-electron chi connectivity index (χ3n) is 3.77. The molecule has 0 atom stereocenters. The maximum Gasteiger partial charge on any atom is 0.0207 e. The van der Waals surface area contributed by atoms with Gasteiger partial charge in [-0.3, -0.25) is 0 Å². The Bertz CT molecular complexity index is 356. The molecule has 0 heterocycles. The Hall–Kier alpha value is -0.340. The van der Waals surface area contributed by atoms with Gasteiger partial charge in [-0.15, -0.1) is 0 Å². The molecule has 1 aliphatic rings. The van der Waals surface area contributed by atoms with Crippen molar-refractivity contribution in [3.63, 3.8) is 0 Å². The van der Waals surface area contributed by atoms with E-state index < -0.39 is 0 Å². The second-order valence-electron chi connectivity index (χ2n) is 5.20. The molecule has 2 heteroatoms. The highest BCUT2D eigenvalue weighted by molar-refractivity contribution is 9.10. The minimum absolute atomic E-state index is 0.992. The van der Waals surface area contributed by atoms with Crippen LogP contribution < -0.4 is 5.32 Å². The van der Waals surface area contributed by atoms with Gasteiger partial charge in [-0.05, 0) is 43.0 Å². The third kappa shape index (κ3) is 4.11. The Morgan fingerprint density at radius 3 is 2.76 bits per heavy atom. The van der Waals surface area contributed by atoms with Crippen LogP contribution in [-0.4, -0.2) is 6.54 Å². The Morgan fingerprint density at radius 2 is 2.06 bits per heavy atom. The average Bonchev–Trinajstić information content (AvgIpc) is 2.82. The summed E-state index contributed by atoms with van der Waals surface area (Å²) in [7, 11) is 0. The van der Waals surface area contributed by atoms with E-state index in [-0.39, 0.29) is 0 Å². The van der Waals surface area contributed by atoms with Gasteiger partial charge in [0.25, 0.3) is 0 Å². The van der Waals surface area contributed by atoms with Crippen LogP contribution in [0.15, 0.2) is 22.7 Å². The first-order valence-electron chi connectivity index (χ1n) is 6.71.